The molecule has 0 fully saturated rings. The van der Waals surface area contributed by atoms with Crippen molar-refractivity contribution in [2.45, 2.75) is 19.8 Å². The van der Waals surface area contributed by atoms with Crippen molar-refractivity contribution in [1.82, 2.24) is 9.97 Å². The molecule has 0 bridgehead atoms. The van der Waals surface area contributed by atoms with Crippen LogP contribution in [0.4, 0.5) is 5.13 Å². The monoisotopic (exact) mass is 423 g/mol. The third-order valence-electron chi connectivity index (χ3n) is 5.33. The second kappa shape index (κ2) is 7.93. The van der Waals surface area contributed by atoms with E-state index >= 15 is 0 Å². The van der Waals surface area contributed by atoms with Gasteiger partial charge in [0.15, 0.2) is 5.13 Å². The van der Waals surface area contributed by atoms with Gasteiger partial charge in [-0.1, -0.05) is 79.8 Å². The number of hydrogen-bond acceptors (Lipinski definition) is 4. The van der Waals surface area contributed by atoms with Crippen LogP contribution < -0.4 is 5.32 Å². The molecule has 4 nitrogen and oxygen atoms in total. The van der Waals surface area contributed by atoms with E-state index in [0.29, 0.717) is 16.6 Å². The molecule has 0 unspecified atom stereocenters. The van der Waals surface area contributed by atoms with Gasteiger partial charge in [0.2, 0.25) is 0 Å². The lowest BCUT2D eigenvalue weighted by Gasteiger charge is -2.09. The van der Waals surface area contributed by atoms with Gasteiger partial charge in [-0.15, -0.1) is 0 Å². The average Bonchev–Trinajstić information content (AvgIpc) is 3.20. The summed E-state index contributed by atoms with van der Waals surface area (Å²) in [5.74, 6) is 0.267. The van der Waals surface area contributed by atoms with Gasteiger partial charge in [-0.3, -0.25) is 10.1 Å². The number of fused-ring (bicyclic) bond motifs is 2. The summed E-state index contributed by atoms with van der Waals surface area (Å²) < 4.78 is 1.08. The summed E-state index contributed by atoms with van der Waals surface area (Å²) in [5, 5.41) is 4.43. The van der Waals surface area contributed by atoms with E-state index in [1.165, 1.54) is 16.9 Å². The fourth-order valence-electron chi connectivity index (χ4n) is 3.64. The number of rotatable bonds is 4. The van der Waals surface area contributed by atoms with Crippen LogP contribution in [0.2, 0.25) is 0 Å². The standard InChI is InChI=1S/C26H21N3OS/c1-16(2)18-12-13-22-24(14-18)31-26(28-22)29-25(30)20-15-23(17-8-4-3-5-9-17)27-21-11-7-6-10-19(20)21/h3-16H,1-2H3,(H,28,29,30). The summed E-state index contributed by atoms with van der Waals surface area (Å²) in [5.41, 5.74) is 5.29. The van der Waals surface area contributed by atoms with Crippen LogP contribution in [0.15, 0.2) is 78.9 Å². The number of nitrogens with zero attached hydrogens (tertiary/aromatic N) is 2. The summed E-state index contributed by atoms with van der Waals surface area (Å²) in [6.45, 7) is 4.34. The zero-order valence-electron chi connectivity index (χ0n) is 17.3. The van der Waals surface area contributed by atoms with Crippen LogP contribution in [-0.4, -0.2) is 15.9 Å². The lowest BCUT2D eigenvalue weighted by molar-refractivity contribution is 0.102. The number of aromatic nitrogens is 2. The molecule has 1 amide bonds. The van der Waals surface area contributed by atoms with Gasteiger partial charge in [0, 0.05) is 10.9 Å². The Kier molecular flexibility index (Phi) is 4.96. The number of amides is 1. The quantitative estimate of drug-likeness (QED) is 0.342. The largest absolute Gasteiger partial charge is 0.298 e. The summed E-state index contributed by atoms with van der Waals surface area (Å²) in [7, 11) is 0. The maximum absolute atomic E-state index is 13.3. The highest BCUT2D eigenvalue weighted by Crippen LogP contribution is 2.30. The summed E-state index contributed by atoms with van der Waals surface area (Å²) in [6, 6.07) is 25.8. The van der Waals surface area contributed by atoms with Crippen molar-refractivity contribution in [3.8, 4) is 11.3 Å². The Morgan fingerprint density at radius 3 is 2.45 bits per heavy atom. The maximum Gasteiger partial charge on any atom is 0.258 e. The molecule has 5 rings (SSSR count). The Hall–Kier alpha value is -3.57. The Labute approximate surface area is 184 Å². The first-order chi connectivity index (χ1) is 15.1. The third-order valence-corrected chi connectivity index (χ3v) is 6.26. The summed E-state index contributed by atoms with van der Waals surface area (Å²) in [6.07, 6.45) is 0. The van der Waals surface area contributed by atoms with Gasteiger partial charge < -0.3 is 0 Å². The Morgan fingerprint density at radius 2 is 1.65 bits per heavy atom. The number of thiazole rings is 1. The molecule has 0 saturated heterocycles. The number of carbonyl (C=O) groups excluding carboxylic acids is 1. The number of anilines is 1. The second-order valence-electron chi connectivity index (χ2n) is 7.79. The van der Waals surface area contributed by atoms with E-state index in [9.17, 15) is 4.79 Å². The van der Waals surface area contributed by atoms with Gasteiger partial charge in [0.25, 0.3) is 5.91 Å². The minimum Gasteiger partial charge on any atom is -0.298 e. The van der Waals surface area contributed by atoms with Crippen molar-refractivity contribution in [1.29, 1.82) is 0 Å². The zero-order valence-corrected chi connectivity index (χ0v) is 18.1. The van der Waals surface area contributed by atoms with Crippen molar-refractivity contribution >= 4 is 43.5 Å². The van der Waals surface area contributed by atoms with Gasteiger partial charge in [-0.2, -0.15) is 0 Å². The van der Waals surface area contributed by atoms with Crippen LogP contribution in [0.3, 0.4) is 0 Å². The highest BCUT2D eigenvalue weighted by Gasteiger charge is 2.16. The van der Waals surface area contributed by atoms with E-state index in [0.717, 1.165) is 32.4 Å². The minimum atomic E-state index is -0.182. The van der Waals surface area contributed by atoms with Gasteiger partial charge in [0.1, 0.15) is 0 Å². The molecule has 0 saturated carbocycles. The normalized spacial score (nSPS) is 11.3. The number of benzene rings is 3. The SMILES string of the molecule is CC(C)c1ccc2nc(NC(=O)c3cc(-c4ccccc4)nc4ccccc34)sc2c1. The van der Waals surface area contributed by atoms with Gasteiger partial charge in [-0.25, -0.2) is 9.97 Å². The Balaban J connectivity index is 1.54. The molecule has 1 N–H and O–H groups in total. The molecule has 31 heavy (non-hydrogen) atoms. The molecular formula is C26H21N3OS. The number of para-hydroxylation sites is 1. The first-order valence-electron chi connectivity index (χ1n) is 10.3. The van der Waals surface area contributed by atoms with E-state index in [1.807, 2.05) is 66.7 Å². The van der Waals surface area contributed by atoms with Crippen LogP contribution in [0, 0.1) is 0 Å². The van der Waals surface area contributed by atoms with Crippen LogP contribution in [0.5, 0.6) is 0 Å². The van der Waals surface area contributed by atoms with Crippen molar-refractivity contribution in [3.63, 3.8) is 0 Å². The van der Waals surface area contributed by atoms with Crippen LogP contribution in [0.1, 0.15) is 35.7 Å². The Bertz CT molecular complexity index is 1410. The first-order valence-corrected chi connectivity index (χ1v) is 11.1. The topological polar surface area (TPSA) is 54.9 Å². The van der Waals surface area contributed by atoms with E-state index < -0.39 is 0 Å². The molecular weight excluding hydrogens is 402 g/mol. The van der Waals surface area contributed by atoms with E-state index in [2.05, 4.69) is 36.3 Å². The van der Waals surface area contributed by atoms with Gasteiger partial charge in [0.05, 0.1) is 27.0 Å². The zero-order chi connectivity index (χ0) is 21.4. The van der Waals surface area contributed by atoms with Crippen molar-refractivity contribution in [2.75, 3.05) is 5.32 Å². The molecule has 3 aromatic carbocycles. The highest BCUT2D eigenvalue weighted by atomic mass is 32.1. The predicted molar refractivity (Wildman–Crippen MR) is 129 cm³/mol. The maximum atomic E-state index is 13.3. The lowest BCUT2D eigenvalue weighted by atomic mass is 10.0. The molecule has 0 aliphatic rings. The number of nitrogens with one attached hydrogen (secondary N) is 1. The molecule has 2 heterocycles. The first kappa shape index (κ1) is 19.4. The molecule has 0 atom stereocenters. The van der Waals surface area contributed by atoms with Crippen LogP contribution in [0.25, 0.3) is 32.4 Å². The fourth-order valence-corrected chi connectivity index (χ4v) is 4.55. The molecule has 0 aliphatic carbocycles. The van der Waals surface area contributed by atoms with E-state index in [4.69, 9.17) is 4.98 Å². The summed E-state index contributed by atoms with van der Waals surface area (Å²) in [4.78, 5) is 22.7. The van der Waals surface area contributed by atoms with E-state index in [1.54, 1.807) is 0 Å². The molecule has 152 valence electrons. The predicted octanol–water partition coefficient (Wildman–Crippen LogP) is 6.89. The Morgan fingerprint density at radius 1 is 0.871 bits per heavy atom. The molecule has 0 aliphatic heterocycles. The average molecular weight is 424 g/mol. The van der Waals surface area contributed by atoms with Crippen molar-refractivity contribution in [2.24, 2.45) is 0 Å². The second-order valence-corrected chi connectivity index (χ2v) is 8.82. The number of hydrogen-bond donors (Lipinski definition) is 1. The van der Waals surface area contributed by atoms with Crippen LogP contribution >= 0.6 is 11.3 Å². The van der Waals surface area contributed by atoms with Gasteiger partial charge in [-0.05, 0) is 35.7 Å². The highest BCUT2D eigenvalue weighted by molar-refractivity contribution is 7.22. The van der Waals surface area contributed by atoms with Crippen molar-refractivity contribution in [3.05, 3.63) is 90.0 Å². The molecule has 5 aromatic rings. The molecule has 0 spiro atoms. The fraction of sp³-hybridized carbons (Fsp3) is 0.115. The smallest absolute Gasteiger partial charge is 0.258 e. The van der Waals surface area contributed by atoms with Crippen LogP contribution in [-0.2, 0) is 0 Å². The summed E-state index contributed by atoms with van der Waals surface area (Å²) >= 11 is 1.50. The van der Waals surface area contributed by atoms with Crippen molar-refractivity contribution < 1.29 is 4.79 Å². The van der Waals surface area contributed by atoms with Gasteiger partial charge >= 0.3 is 0 Å². The lowest BCUT2D eigenvalue weighted by Crippen LogP contribution is -2.13. The number of carbonyl (C=O) groups is 1. The molecule has 5 heteroatoms. The molecule has 0 radical (unpaired) electrons. The molecule has 2 aromatic heterocycles. The minimum absolute atomic E-state index is 0.182. The number of pyridine rings is 1. The third kappa shape index (κ3) is 3.80. The van der Waals surface area contributed by atoms with E-state index in [-0.39, 0.29) is 5.91 Å².